The number of ether oxygens (including phenoxy) is 1. The highest BCUT2D eigenvalue weighted by Crippen LogP contribution is 2.24. The van der Waals surface area contributed by atoms with Crippen LogP contribution in [-0.4, -0.2) is 46.2 Å². The lowest BCUT2D eigenvalue weighted by Crippen LogP contribution is -2.30. The van der Waals surface area contributed by atoms with Crippen molar-refractivity contribution in [3.8, 4) is 5.75 Å². The molecule has 0 fully saturated rings. The van der Waals surface area contributed by atoms with Crippen LogP contribution in [0.15, 0.2) is 24.5 Å². The molecule has 0 radical (unpaired) electrons. The highest BCUT2D eigenvalue weighted by molar-refractivity contribution is 7.98. The van der Waals surface area contributed by atoms with E-state index in [1.165, 1.54) is 6.33 Å². The van der Waals surface area contributed by atoms with E-state index in [-0.39, 0.29) is 0 Å². The molecule has 7 heteroatoms. The second-order valence-electron chi connectivity index (χ2n) is 4.42. The molecule has 6 nitrogen and oxygen atoms in total. The summed E-state index contributed by atoms with van der Waals surface area (Å²) in [4.78, 5) is 19.7. The average Bonchev–Trinajstić information content (AvgIpc) is 2.50. The zero-order chi connectivity index (χ0) is 15.2. The van der Waals surface area contributed by atoms with Gasteiger partial charge in [0.2, 0.25) is 0 Å². The number of benzene rings is 1. The quantitative estimate of drug-likeness (QED) is 0.811. The summed E-state index contributed by atoms with van der Waals surface area (Å²) >= 11 is 1.61. The number of aliphatic carboxylic acids is 1. The molecule has 0 aliphatic carbocycles. The van der Waals surface area contributed by atoms with Crippen LogP contribution in [0.2, 0.25) is 0 Å². The van der Waals surface area contributed by atoms with Gasteiger partial charge in [0.15, 0.2) is 0 Å². The Kier molecular flexibility index (Phi) is 5.21. The molecule has 1 unspecified atom stereocenters. The lowest BCUT2D eigenvalue weighted by molar-refractivity contribution is -0.137. The van der Waals surface area contributed by atoms with E-state index in [9.17, 15) is 9.90 Å². The van der Waals surface area contributed by atoms with Gasteiger partial charge in [-0.1, -0.05) is 0 Å². The number of methoxy groups -OCH3 is 1. The van der Waals surface area contributed by atoms with Gasteiger partial charge in [0.05, 0.1) is 12.6 Å². The summed E-state index contributed by atoms with van der Waals surface area (Å²) in [5.41, 5.74) is 0.709. The van der Waals surface area contributed by atoms with Gasteiger partial charge in [-0.05, 0) is 30.6 Å². The number of carboxylic acid groups (broad SMARTS) is 1. The van der Waals surface area contributed by atoms with Crippen LogP contribution in [0.3, 0.4) is 0 Å². The third-order valence-corrected chi connectivity index (χ3v) is 3.71. The molecular weight excluding hydrogens is 290 g/mol. The first-order valence-corrected chi connectivity index (χ1v) is 7.82. The number of hydrogen-bond donors (Lipinski definition) is 2. The number of aromatic nitrogens is 2. The summed E-state index contributed by atoms with van der Waals surface area (Å²) in [6.45, 7) is 0. The van der Waals surface area contributed by atoms with Gasteiger partial charge in [0, 0.05) is 11.5 Å². The lowest BCUT2D eigenvalue weighted by atomic mass is 10.2. The summed E-state index contributed by atoms with van der Waals surface area (Å²) in [6, 6.07) is 4.75. The summed E-state index contributed by atoms with van der Waals surface area (Å²) in [7, 11) is 1.59. The number of thioether (sulfide) groups is 1. The molecule has 1 heterocycles. The first-order chi connectivity index (χ1) is 10.2. The van der Waals surface area contributed by atoms with Gasteiger partial charge in [-0.15, -0.1) is 0 Å². The van der Waals surface area contributed by atoms with Gasteiger partial charge in [0.1, 0.15) is 23.9 Å². The van der Waals surface area contributed by atoms with Crippen molar-refractivity contribution < 1.29 is 14.6 Å². The molecule has 0 spiro atoms. The third kappa shape index (κ3) is 3.75. The van der Waals surface area contributed by atoms with Gasteiger partial charge in [-0.3, -0.25) is 0 Å². The Bertz CT molecular complexity index is 636. The Morgan fingerprint density at radius 2 is 2.29 bits per heavy atom. The Balaban J connectivity index is 2.30. The number of carbonyl (C=O) groups is 1. The molecule has 112 valence electrons. The smallest absolute Gasteiger partial charge is 0.326 e. The van der Waals surface area contributed by atoms with Crippen molar-refractivity contribution in [1.82, 2.24) is 9.97 Å². The van der Waals surface area contributed by atoms with Crippen molar-refractivity contribution in [2.24, 2.45) is 0 Å². The van der Waals surface area contributed by atoms with E-state index in [0.29, 0.717) is 23.5 Å². The molecule has 0 aliphatic rings. The van der Waals surface area contributed by atoms with E-state index in [1.54, 1.807) is 31.0 Å². The van der Waals surface area contributed by atoms with Crippen LogP contribution >= 0.6 is 11.8 Å². The minimum atomic E-state index is -0.885. The van der Waals surface area contributed by atoms with E-state index in [0.717, 1.165) is 11.1 Å². The van der Waals surface area contributed by atoms with Crippen molar-refractivity contribution in [2.45, 2.75) is 12.5 Å². The maximum Gasteiger partial charge on any atom is 0.326 e. The summed E-state index contributed by atoms with van der Waals surface area (Å²) < 4.78 is 5.16. The van der Waals surface area contributed by atoms with Gasteiger partial charge >= 0.3 is 5.97 Å². The van der Waals surface area contributed by atoms with Crippen molar-refractivity contribution >= 4 is 34.5 Å². The minimum absolute atomic E-state index is 0.524. The van der Waals surface area contributed by atoms with Gasteiger partial charge in [0.25, 0.3) is 0 Å². The largest absolute Gasteiger partial charge is 0.497 e. The predicted molar refractivity (Wildman–Crippen MR) is 84.1 cm³/mol. The highest BCUT2D eigenvalue weighted by Gasteiger charge is 2.18. The monoisotopic (exact) mass is 307 g/mol. The van der Waals surface area contributed by atoms with Crippen LogP contribution in [0.4, 0.5) is 5.82 Å². The lowest BCUT2D eigenvalue weighted by Gasteiger charge is -2.15. The van der Waals surface area contributed by atoms with E-state index in [4.69, 9.17) is 4.74 Å². The Morgan fingerprint density at radius 3 is 2.95 bits per heavy atom. The third-order valence-electron chi connectivity index (χ3n) is 3.06. The zero-order valence-corrected chi connectivity index (χ0v) is 12.7. The molecule has 2 N–H and O–H groups in total. The maximum absolute atomic E-state index is 11.3. The SMILES string of the molecule is COc1ccc2c(NC(CCSC)C(=O)O)ncnc2c1. The second-order valence-corrected chi connectivity index (χ2v) is 5.41. The van der Waals surface area contributed by atoms with Crippen LogP contribution < -0.4 is 10.1 Å². The number of carboxylic acids is 1. The van der Waals surface area contributed by atoms with Crippen molar-refractivity contribution in [1.29, 1.82) is 0 Å². The molecule has 1 aromatic carbocycles. The van der Waals surface area contributed by atoms with E-state index < -0.39 is 12.0 Å². The predicted octanol–water partition coefficient (Wildman–Crippen LogP) is 2.26. The molecular formula is C14H17N3O3S. The Labute approximate surface area is 126 Å². The van der Waals surface area contributed by atoms with Crippen LogP contribution in [0.25, 0.3) is 10.9 Å². The zero-order valence-electron chi connectivity index (χ0n) is 11.9. The number of fused-ring (bicyclic) bond motifs is 1. The standard InChI is InChI=1S/C14H17N3O3S/c1-20-9-3-4-10-12(7-9)15-8-16-13(10)17-11(14(18)19)5-6-21-2/h3-4,7-8,11H,5-6H2,1-2H3,(H,18,19)(H,15,16,17). The molecule has 1 aromatic heterocycles. The number of nitrogens with one attached hydrogen (secondary N) is 1. The van der Waals surface area contributed by atoms with Gasteiger partial charge in [-0.2, -0.15) is 11.8 Å². The highest BCUT2D eigenvalue weighted by atomic mass is 32.2. The molecule has 1 atom stereocenters. The molecule has 2 aromatic rings. The summed E-state index contributed by atoms with van der Waals surface area (Å²) in [5, 5.41) is 13.0. The molecule has 2 rings (SSSR count). The van der Waals surface area contributed by atoms with Crippen LogP contribution in [0, 0.1) is 0 Å². The second kappa shape index (κ2) is 7.12. The number of nitrogens with zero attached hydrogens (tertiary/aromatic N) is 2. The molecule has 0 saturated carbocycles. The van der Waals surface area contributed by atoms with Crippen molar-refractivity contribution in [2.75, 3.05) is 24.4 Å². The van der Waals surface area contributed by atoms with Gasteiger partial charge in [-0.25, -0.2) is 14.8 Å². The topological polar surface area (TPSA) is 84.3 Å². The molecule has 0 saturated heterocycles. The molecule has 0 bridgehead atoms. The normalized spacial score (nSPS) is 12.1. The molecule has 21 heavy (non-hydrogen) atoms. The van der Waals surface area contributed by atoms with Gasteiger partial charge < -0.3 is 15.2 Å². The van der Waals surface area contributed by atoms with Crippen LogP contribution in [0.1, 0.15) is 6.42 Å². The fraction of sp³-hybridized carbons (Fsp3) is 0.357. The van der Waals surface area contributed by atoms with Crippen molar-refractivity contribution in [3.05, 3.63) is 24.5 Å². The number of anilines is 1. The molecule has 0 aliphatic heterocycles. The molecule has 0 amide bonds. The number of hydrogen-bond acceptors (Lipinski definition) is 6. The Hall–Kier alpha value is -2.02. The fourth-order valence-electron chi connectivity index (χ4n) is 1.94. The van der Waals surface area contributed by atoms with Crippen LogP contribution in [0.5, 0.6) is 5.75 Å². The first kappa shape index (κ1) is 15.4. The first-order valence-electron chi connectivity index (χ1n) is 6.42. The van der Waals surface area contributed by atoms with E-state index in [2.05, 4.69) is 15.3 Å². The number of rotatable bonds is 7. The average molecular weight is 307 g/mol. The Morgan fingerprint density at radius 1 is 1.48 bits per heavy atom. The van der Waals surface area contributed by atoms with Crippen LogP contribution in [-0.2, 0) is 4.79 Å². The summed E-state index contributed by atoms with van der Waals surface area (Å²) in [5.74, 6) is 1.10. The van der Waals surface area contributed by atoms with Crippen molar-refractivity contribution in [3.63, 3.8) is 0 Å². The minimum Gasteiger partial charge on any atom is -0.497 e. The maximum atomic E-state index is 11.3. The van der Waals surface area contributed by atoms with E-state index >= 15 is 0 Å². The fourth-order valence-corrected chi connectivity index (χ4v) is 2.41. The van der Waals surface area contributed by atoms with E-state index in [1.807, 2.05) is 12.3 Å². The summed E-state index contributed by atoms with van der Waals surface area (Å²) in [6.07, 6.45) is 3.89.